The molecular weight excluding hydrogens is 589 g/mol. The van der Waals surface area contributed by atoms with Gasteiger partial charge in [-0.15, -0.1) is 11.3 Å². The van der Waals surface area contributed by atoms with Gasteiger partial charge in [-0.3, -0.25) is 9.88 Å². The highest BCUT2D eigenvalue weighted by Gasteiger charge is 2.49. The molecule has 3 fully saturated rings. The zero-order valence-electron chi connectivity index (χ0n) is 24.6. The van der Waals surface area contributed by atoms with Crippen LogP contribution in [0, 0.1) is 23.0 Å². The lowest BCUT2D eigenvalue weighted by Crippen LogP contribution is -2.54. The molecule has 2 aliphatic heterocycles. The molecular formula is C31H33F3N8OS. The Morgan fingerprint density at radius 2 is 2.05 bits per heavy atom. The first-order valence-electron chi connectivity index (χ1n) is 14.9. The van der Waals surface area contributed by atoms with Crippen molar-refractivity contribution in [3.05, 3.63) is 35.5 Å². The molecule has 1 aliphatic carbocycles. The number of nitriles is 1. The summed E-state index contributed by atoms with van der Waals surface area (Å²) >= 11 is 0.937. The van der Waals surface area contributed by atoms with Crippen molar-refractivity contribution in [2.75, 3.05) is 51.4 Å². The molecule has 2 saturated heterocycles. The van der Waals surface area contributed by atoms with Crippen LogP contribution >= 0.6 is 11.3 Å². The number of rotatable bonds is 8. The van der Waals surface area contributed by atoms with E-state index in [9.17, 15) is 14.0 Å². The Kier molecular flexibility index (Phi) is 7.06. The number of benzene rings is 1. The molecule has 0 radical (unpaired) electrons. The number of nitrogens with zero attached hydrogens (tertiary/aromatic N) is 6. The number of aromatic nitrogens is 3. The number of ether oxygens (including phenoxy) is 1. The predicted octanol–water partition coefficient (Wildman–Crippen LogP) is 5.49. The van der Waals surface area contributed by atoms with Gasteiger partial charge in [0.2, 0.25) is 0 Å². The third kappa shape index (κ3) is 4.53. The van der Waals surface area contributed by atoms with Gasteiger partial charge >= 0.3 is 6.01 Å². The van der Waals surface area contributed by atoms with Crippen LogP contribution in [0.3, 0.4) is 0 Å². The SMILES string of the molecule is CN(C)C1(CNc2nc(OC[C@@]34CCCN3C[C@H](F)C4)nc3c(F)c(-c4ccc(F)c5sc(N)c(C#N)c45)ncc23)CCC1. The molecule has 44 heavy (non-hydrogen) atoms. The third-order valence-corrected chi connectivity index (χ3v) is 10.9. The van der Waals surface area contributed by atoms with E-state index in [4.69, 9.17) is 10.5 Å². The molecule has 2 atom stereocenters. The standard InChI is InChI=1S/C31H33F3N8OS/c1-41(2)30(7-3-8-30)15-38-28-20-13-37-24(18-5-6-21(33)26-22(18)19(12-35)27(36)44-26)23(34)25(20)39-29(40-28)43-16-31-9-4-10-42(31)14-17(32)11-31/h5-6,13,17H,3-4,7-11,14-16,36H2,1-2H3,(H,38,39,40)/t17-,31+/m1/s1. The molecule has 4 aromatic rings. The molecule has 7 rings (SSSR count). The van der Waals surface area contributed by atoms with Gasteiger partial charge in [-0.25, -0.2) is 13.2 Å². The van der Waals surface area contributed by atoms with E-state index in [1.807, 2.05) is 20.2 Å². The summed E-state index contributed by atoms with van der Waals surface area (Å²) in [6.07, 6.45) is 5.88. The molecule has 5 heterocycles. The summed E-state index contributed by atoms with van der Waals surface area (Å²) in [5.74, 6) is -0.926. The van der Waals surface area contributed by atoms with Crippen molar-refractivity contribution < 1.29 is 17.9 Å². The Morgan fingerprint density at radius 3 is 2.77 bits per heavy atom. The number of nitrogen functional groups attached to an aromatic ring is 1. The van der Waals surface area contributed by atoms with Crippen molar-refractivity contribution in [1.29, 1.82) is 5.26 Å². The first-order chi connectivity index (χ1) is 21.1. The van der Waals surface area contributed by atoms with Gasteiger partial charge in [-0.1, -0.05) is 0 Å². The van der Waals surface area contributed by atoms with Gasteiger partial charge in [0.1, 0.15) is 46.7 Å². The van der Waals surface area contributed by atoms with E-state index in [-0.39, 0.29) is 55.6 Å². The van der Waals surface area contributed by atoms with Gasteiger partial charge in [-0.05, 0) is 64.9 Å². The van der Waals surface area contributed by atoms with Gasteiger partial charge < -0.3 is 20.7 Å². The van der Waals surface area contributed by atoms with Crippen LogP contribution in [0.15, 0.2) is 18.3 Å². The van der Waals surface area contributed by atoms with Crippen molar-refractivity contribution in [2.24, 2.45) is 0 Å². The van der Waals surface area contributed by atoms with Crippen LogP contribution in [0.5, 0.6) is 6.01 Å². The number of nitrogens with two attached hydrogens (primary N) is 1. The second-order valence-electron chi connectivity index (χ2n) is 12.5. The normalized spacial score (nSPS) is 22.8. The lowest BCUT2D eigenvalue weighted by molar-refractivity contribution is 0.0738. The van der Waals surface area contributed by atoms with Crippen LogP contribution in [0.1, 0.15) is 44.1 Å². The highest BCUT2D eigenvalue weighted by molar-refractivity contribution is 7.23. The second-order valence-corrected chi connectivity index (χ2v) is 13.5. The van der Waals surface area contributed by atoms with E-state index >= 15 is 4.39 Å². The first-order valence-corrected chi connectivity index (χ1v) is 15.7. The molecule has 3 aromatic heterocycles. The average Bonchev–Trinajstić information content (AvgIpc) is 3.61. The third-order valence-electron chi connectivity index (χ3n) is 9.90. The van der Waals surface area contributed by atoms with Gasteiger partial charge in [-0.2, -0.15) is 15.2 Å². The Bertz CT molecular complexity index is 1820. The molecule has 1 aromatic carbocycles. The molecule has 3 N–H and O–H groups in total. The fraction of sp³-hybridized carbons (Fsp3) is 0.484. The highest BCUT2D eigenvalue weighted by atomic mass is 32.1. The smallest absolute Gasteiger partial charge is 0.319 e. The van der Waals surface area contributed by atoms with Crippen molar-refractivity contribution in [3.8, 4) is 23.3 Å². The number of nitrogens with one attached hydrogen (secondary N) is 1. The lowest BCUT2D eigenvalue weighted by Gasteiger charge is -2.47. The average molecular weight is 623 g/mol. The molecule has 0 amide bonds. The van der Waals surface area contributed by atoms with E-state index in [0.717, 1.165) is 50.0 Å². The number of hydrogen-bond acceptors (Lipinski definition) is 10. The van der Waals surface area contributed by atoms with E-state index in [1.54, 1.807) is 0 Å². The molecule has 1 saturated carbocycles. The number of pyridine rings is 1. The lowest BCUT2D eigenvalue weighted by atomic mass is 9.75. The van der Waals surface area contributed by atoms with Crippen molar-refractivity contribution in [3.63, 3.8) is 0 Å². The number of alkyl halides is 1. The van der Waals surface area contributed by atoms with Gasteiger partial charge in [0, 0.05) is 42.2 Å². The first kappa shape index (κ1) is 29.0. The minimum atomic E-state index is -0.915. The second kappa shape index (κ2) is 10.7. The number of thiophene rings is 1. The summed E-state index contributed by atoms with van der Waals surface area (Å²) in [6.45, 7) is 1.97. The Labute approximate surface area is 256 Å². The number of hydrogen-bond donors (Lipinski definition) is 2. The van der Waals surface area contributed by atoms with Crippen LogP contribution in [-0.2, 0) is 0 Å². The van der Waals surface area contributed by atoms with Crippen LogP contribution in [0.25, 0.3) is 32.2 Å². The van der Waals surface area contributed by atoms with Gasteiger partial charge in [0.25, 0.3) is 0 Å². The van der Waals surface area contributed by atoms with Gasteiger partial charge in [0.05, 0.1) is 21.2 Å². The number of fused-ring (bicyclic) bond motifs is 3. The van der Waals surface area contributed by atoms with Gasteiger partial charge in [0.15, 0.2) is 5.82 Å². The topological polar surface area (TPSA) is 116 Å². The predicted molar refractivity (Wildman–Crippen MR) is 165 cm³/mol. The van der Waals surface area contributed by atoms with E-state index in [2.05, 4.69) is 30.1 Å². The maximum absolute atomic E-state index is 16.6. The Balaban J connectivity index is 1.33. The fourth-order valence-corrected chi connectivity index (χ4v) is 8.13. The molecule has 0 spiro atoms. The number of halogens is 3. The molecule has 0 unspecified atom stereocenters. The molecule has 230 valence electrons. The molecule has 13 heteroatoms. The van der Waals surface area contributed by atoms with E-state index < -0.39 is 23.3 Å². The Hall–Kier alpha value is -3.73. The summed E-state index contributed by atoms with van der Waals surface area (Å²) in [7, 11) is 4.09. The summed E-state index contributed by atoms with van der Waals surface area (Å²) in [6, 6.07) is 4.62. The van der Waals surface area contributed by atoms with E-state index in [1.165, 1.54) is 18.3 Å². The van der Waals surface area contributed by atoms with Crippen LogP contribution in [0.2, 0.25) is 0 Å². The zero-order chi connectivity index (χ0) is 30.8. The highest BCUT2D eigenvalue weighted by Crippen LogP contribution is 2.43. The number of anilines is 2. The monoisotopic (exact) mass is 622 g/mol. The Morgan fingerprint density at radius 1 is 1.23 bits per heavy atom. The summed E-state index contributed by atoms with van der Waals surface area (Å²) < 4.78 is 52.0. The van der Waals surface area contributed by atoms with Crippen molar-refractivity contribution in [1.82, 2.24) is 24.8 Å². The maximum atomic E-state index is 16.6. The molecule has 0 bridgehead atoms. The maximum Gasteiger partial charge on any atom is 0.319 e. The summed E-state index contributed by atoms with van der Waals surface area (Å²) in [4.78, 5) is 17.9. The zero-order valence-corrected chi connectivity index (χ0v) is 25.4. The van der Waals surface area contributed by atoms with Crippen LogP contribution in [0.4, 0.5) is 24.0 Å². The largest absolute Gasteiger partial charge is 0.461 e. The van der Waals surface area contributed by atoms with Crippen LogP contribution in [-0.4, -0.2) is 82.3 Å². The molecule has 9 nitrogen and oxygen atoms in total. The summed E-state index contributed by atoms with van der Waals surface area (Å²) in [5.41, 5.74) is 5.74. The van der Waals surface area contributed by atoms with Crippen LogP contribution < -0.4 is 15.8 Å². The quantitative estimate of drug-likeness (QED) is 0.263. The summed E-state index contributed by atoms with van der Waals surface area (Å²) in [5, 5.41) is 13.9. The molecule has 3 aliphatic rings. The minimum absolute atomic E-state index is 0.0196. The van der Waals surface area contributed by atoms with E-state index in [0.29, 0.717) is 30.7 Å². The van der Waals surface area contributed by atoms with Crippen molar-refractivity contribution >= 4 is 43.1 Å². The number of likely N-dealkylation sites (N-methyl/N-ethyl adjacent to an activating group) is 1. The fourth-order valence-electron chi connectivity index (χ4n) is 7.18. The minimum Gasteiger partial charge on any atom is -0.461 e. The van der Waals surface area contributed by atoms with Crippen molar-refractivity contribution in [2.45, 2.75) is 55.8 Å².